The molecule has 0 saturated carbocycles. The number of hydrogen-bond donors (Lipinski definition) is 0. The van der Waals surface area contributed by atoms with Crippen molar-refractivity contribution in [3.05, 3.63) is 24.0 Å². The third-order valence-corrected chi connectivity index (χ3v) is 6.86. The summed E-state index contributed by atoms with van der Waals surface area (Å²) < 4.78 is 36.3. The molecule has 2 saturated heterocycles. The summed E-state index contributed by atoms with van der Waals surface area (Å²) >= 11 is 0. The van der Waals surface area contributed by atoms with Gasteiger partial charge in [0, 0.05) is 43.6 Å². The third kappa shape index (κ3) is 5.66. The molecule has 0 unspecified atom stereocenters. The van der Waals surface area contributed by atoms with Crippen LogP contribution in [0, 0.1) is 12.8 Å². The number of rotatable bonds is 6. The van der Waals surface area contributed by atoms with E-state index in [1.165, 1.54) is 10.6 Å². The van der Waals surface area contributed by atoms with E-state index in [0.717, 1.165) is 24.1 Å². The minimum Gasteiger partial charge on any atom is -0.463 e. The highest BCUT2D eigenvalue weighted by atomic mass is 32.2. The van der Waals surface area contributed by atoms with Crippen molar-refractivity contribution in [2.45, 2.75) is 19.8 Å². The van der Waals surface area contributed by atoms with Gasteiger partial charge in [-0.25, -0.2) is 12.7 Å². The number of hydrogen-bond acceptors (Lipinski definition) is 9. The van der Waals surface area contributed by atoms with Gasteiger partial charge in [0.15, 0.2) is 5.82 Å². The third-order valence-electron chi connectivity index (χ3n) is 5.56. The van der Waals surface area contributed by atoms with Crippen LogP contribution in [0.1, 0.15) is 18.5 Å². The van der Waals surface area contributed by atoms with E-state index in [1.54, 1.807) is 6.20 Å². The molecule has 0 spiro atoms. The Morgan fingerprint density at radius 3 is 2.48 bits per heavy atom. The maximum absolute atomic E-state index is 11.7. The second-order valence-corrected chi connectivity index (χ2v) is 9.93. The van der Waals surface area contributed by atoms with Crippen molar-refractivity contribution in [1.82, 2.24) is 24.2 Å². The zero-order valence-electron chi connectivity index (χ0n) is 17.9. The van der Waals surface area contributed by atoms with Crippen molar-refractivity contribution < 1.29 is 17.9 Å². The van der Waals surface area contributed by atoms with Crippen molar-refractivity contribution in [2.75, 3.05) is 57.2 Å². The number of sulfonamides is 1. The van der Waals surface area contributed by atoms with Crippen LogP contribution in [0.15, 0.2) is 18.3 Å². The molecular weight excluding hydrogens is 420 g/mol. The molecule has 2 aromatic rings. The SMILES string of the molecule is Cc1ccc(-c2nc(OCC3CCN(S(C)(=O)=O)CC3)nc(N3CCOCC3)n2)cn1. The molecule has 0 bridgehead atoms. The summed E-state index contributed by atoms with van der Waals surface area (Å²) in [7, 11) is -3.14. The number of ether oxygens (including phenoxy) is 2. The Bertz CT molecular complexity index is 987. The molecule has 0 amide bonds. The molecule has 2 aliphatic heterocycles. The van der Waals surface area contributed by atoms with Gasteiger partial charge in [-0.1, -0.05) is 0 Å². The number of piperidine rings is 1. The van der Waals surface area contributed by atoms with Gasteiger partial charge in [-0.3, -0.25) is 4.98 Å². The monoisotopic (exact) mass is 448 g/mol. The summed E-state index contributed by atoms with van der Waals surface area (Å²) in [6.07, 6.45) is 4.51. The van der Waals surface area contributed by atoms with E-state index in [4.69, 9.17) is 9.47 Å². The van der Waals surface area contributed by atoms with Gasteiger partial charge >= 0.3 is 6.01 Å². The number of anilines is 1. The average Bonchev–Trinajstić information content (AvgIpc) is 2.78. The number of pyridine rings is 1. The molecular formula is C20H28N6O4S. The summed E-state index contributed by atoms with van der Waals surface area (Å²) in [5.41, 5.74) is 1.72. The van der Waals surface area contributed by atoms with E-state index in [0.29, 0.717) is 57.8 Å². The molecule has 0 aromatic carbocycles. The topological polar surface area (TPSA) is 111 Å². The van der Waals surface area contributed by atoms with Crippen LogP contribution < -0.4 is 9.64 Å². The second kappa shape index (κ2) is 9.41. The summed E-state index contributed by atoms with van der Waals surface area (Å²) in [5.74, 6) is 1.34. The second-order valence-electron chi connectivity index (χ2n) is 7.95. The Labute approximate surface area is 182 Å². The summed E-state index contributed by atoms with van der Waals surface area (Å²) in [5, 5.41) is 0. The largest absolute Gasteiger partial charge is 0.463 e. The quantitative estimate of drug-likeness (QED) is 0.642. The Hall–Kier alpha value is -2.37. The highest BCUT2D eigenvalue weighted by Gasteiger charge is 2.26. The first-order valence-corrected chi connectivity index (χ1v) is 12.3. The van der Waals surface area contributed by atoms with Crippen LogP contribution in [0.2, 0.25) is 0 Å². The van der Waals surface area contributed by atoms with E-state index in [9.17, 15) is 8.42 Å². The summed E-state index contributed by atoms with van der Waals surface area (Å²) in [4.78, 5) is 20.1. The fourth-order valence-corrected chi connectivity index (χ4v) is 4.52. The number of morpholine rings is 1. The molecule has 10 nitrogen and oxygen atoms in total. The molecule has 2 aromatic heterocycles. The van der Waals surface area contributed by atoms with Crippen molar-refractivity contribution in [1.29, 1.82) is 0 Å². The fourth-order valence-electron chi connectivity index (χ4n) is 3.64. The van der Waals surface area contributed by atoms with Crippen LogP contribution in [-0.2, 0) is 14.8 Å². The lowest BCUT2D eigenvalue weighted by molar-refractivity contribution is 0.121. The van der Waals surface area contributed by atoms with Gasteiger partial charge in [0.1, 0.15) is 0 Å². The number of nitrogens with zero attached hydrogens (tertiary/aromatic N) is 6. The van der Waals surface area contributed by atoms with Crippen molar-refractivity contribution in [3.63, 3.8) is 0 Å². The minimum absolute atomic E-state index is 0.256. The van der Waals surface area contributed by atoms with Crippen molar-refractivity contribution in [2.24, 2.45) is 5.92 Å². The van der Waals surface area contributed by atoms with E-state index < -0.39 is 10.0 Å². The highest BCUT2D eigenvalue weighted by Crippen LogP contribution is 2.23. The molecule has 4 rings (SSSR count). The molecule has 168 valence electrons. The van der Waals surface area contributed by atoms with Gasteiger partial charge < -0.3 is 14.4 Å². The molecule has 2 aliphatic rings. The van der Waals surface area contributed by atoms with Gasteiger partial charge in [-0.2, -0.15) is 15.0 Å². The maximum atomic E-state index is 11.7. The van der Waals surface area contributed by atoms with Gasteiger partial charge in [0.2, 0.25) is 16.0 Å². The van der Waals surface area contributed by atoms with Crippen LogP contribution in [0.25, 0.3) is 11.4 Å². The van der Waals surface area contributed by atoms with Crippen LogP contribution in [0.3, 0.4) is 0 Å². The Balaban J connectivity index is 1.49. The Morgan fingerprint density at radius 1 is 1.10 bits per heavy atom. The lowest BCUT2D eigenvalue weighted by Gasteiger charge is -2.30. The lowest BCUT2D eigenvalue weighted by atomic mass is 9.99. The molecule has 11 heteroatoms. The van der Waals surface area contributed by atoms with Gasteiger partial charge in [-0.05, 0) is 37.8 Å². The van der Waals surface area contributed by atoms with Gasteiger partial charge in [-0.15, -0.1) is 0 Å². The fraction of sp³-hybridized carbons (Fsp3) is 0.600. The Morgan fingerprint density at radius 2 is 1.84 bits per heavy atom. The first-order valence-electron chi connectivity index (χ1n) is 10.5. The first kappa shape index (κ1) is 21.8. The van der Waals surface area contributed by atoms with E-state index in [1.807, 2.05) is 19.1 Å². The molecule has 0 atom stereocenters. The van der Waals surface area contributed by atoms with Crippen molar-refractivity contribution in [3.8, 4) is 17.4 Å². The van der Waals surface area contributed by atoms with Gasteiger partial charge in [0.05, 0.1) is 26.1 Å². The Kier molecular flexibility index (Phi) is 6.63. The van der Waals surface area contributed by atoms with Crippen LogP contribution in [0.4, 0.5) is 5.95 Å². The van der Waals surface area contributed by atoms with Crippen LogP contribution in [-0.4, -0.2) is 84.9 Å². The number of aromatic nitrogens is 4. The van der Waals surface area contributed by atoms with E-state index in [-0.39, 0.29) is 11.9 Å². The number of aryl methyl sites for hydroxylation is 1. The zero-order chi connectivity index (χ0) is 21.8. The standard InChI is InChI=1S/C20H28N6O4S/c1-15-3-4-17(13-21-15)18-22-19(25-9-11-29-12-10-25)24-20(23-18)30-14-16-5-7-26(8-6-16)31(2,27)28/h3-4,13,16H,5-12,14H2,1-2H3. The zero-order valence-corrected chi connectivity index (χ0v) is 18.7. The van der Waals surface area contributed by atoms with Gasteiger partial charge in [0.25, 0.3) is 0 Å². The summed E-state index contributed by atoms with van der Waals surface area (Å²) in [6, 6.07) is 4.13. The van der Waals surface area contributed by atoms with Crippen LogP contribution in [0.5, 0.6) is 6.01 Å². The minimum atomic E-state index is -3.14. The van der Waals surface area contributed by atoms with E-state index >= 15 is 0 Å². The highest BCUT2D eigenvalue weighted by molar-refractivity contribution is 7.88. The normalized spacial score (nSPS) is 18.8. The molecule has 2 fully saturated rings. The maximum Gasteiger partial charge on any atom is 0.321 e. The molecule has 31 heavy (non-hydrogen) atoms. The molecule has 0 aliphatic carbocycles. The van der Waals surface area contributed by atoms with Crippen LogP contribution >= 0.6 is 0 Å². The van der Waals surface area contributed by atoms with E-state index in [2.05, 4.69) is 24.8 Å². The predicted molar refractivity (Wildman–Crippen MR) is 115 cm³/mol. The molecule has 0 N–H and O–H groups in total. The first-order chi connectivity index (χ1) is 14.9. The smallest absolute Gasteiger partial charge is 0.321 e. The predicted octanol–water partition coefficient (Wildman–Crippen LogP) is 1.13. The molecule has 0 radical (unpaired) electrons. The summed E-state index contributed by atoms with van der Waals surface area (Å²) in [6.45, 7) is 6.07. The average molecular weight is 449 g/mol. The lowest BCUT2D eigenvalue weighted by Crippen LogP contribution is -2.39. The van der Waals surface area contributed by atoms with Crippen molar-refractivity contribution >= 4 is 16.0 Å². The molecule has 4 heterocycles.